The van der Waals surface area contributed by atoms with Gasteiger partial charge in [-0.2, -0.15) is 0 Å². The van der Waals surface area contributed by atoms with Crippen molar-refractivity contribution in [3.8, 4) is 0 Å². The average Bonchev–Trinajstić information content (AvgIpc) is 2.95. The molecule has 1 heterocycles. The number of nitrogens with zero attached hydrogens (tertiary/aromatic N) is 3. The molecule has 0 aliphatic carbocycles. The van der Waals surface area contributed by atoms with Crippen molar-refractivity contribution < 1.29 is 9.53 Å². The number of hydrogen-bond donors (Lipinski definition) is 0. The smallest absolute Gasteiger partial charge is 0.215 e. The zero-order valence-electron chi connectivity index (χ0n) is 12.1. The van der Waals surface area contributed by atoms with Crippen molar-refractivity contribution in [2.24, 2.45) is 9.98 Å². The number of ether oxygens (including phenoxy) is 1. The van der Waals surface area contributed by atoms with E-state index in [0.717, 1.165) is 27.7 Å². The third-order valence-corrected chi connectivity index (χ3v) is 4.55. The van der Waals surface area contributed by atoms with Gasteiger partial charge in [0.15, 0.2) is 0 Å². The predicted octanol–water partition coefficient (Wildman–Crippen LogP) is 3.12. The van der Waals surface area contributed by atoms with Crippen molar-refractivity contribution >= 4 is 52.1 Å². The van der Waals surface area contributed by atoms with Crippen LogP contribution in [0.1, 0.15) is 0 Å². The summed E-state index contributed by atoms with van der Waals surface area (Å²) in [5, 5.41) is 0.635. The highest BCUT2D eigenvalue weighted by Crippen LogP contribution is 2.35. The van der Waals surface area contributed by atoms with E-state index in [1.165, 1.54) is 7.11 Å². The van der Waals surface area contributed by atoms with E-state index in [9.17, 15) is 4.79 Å². The van der Waals surface area contributed by atoms with E-state index < -0.39 is 0 Å². The first kappa shape index (κ1) is 16.7. The Morgan fingerprint density at radius 1 is 1.55 bits per heavy atom. The van der Waals surface area contributed by atoms with Crippen molar-refractivity contribution in [1.29, 1.82) is 0 Å². The molecular formula is C15H15BrClN3O2. The first-order valence-electron chi connectivity index (χ1n) is 6.52. The number of carbonyl (C=O) groups is 1. The van der Waals surface area contributed by atoms with Crippen LogP contribution in [0.5, 0.6) is 0 Å². The van der Waals surface area contributed by atoms with Crippen molar-refractivity contribution in [2.75, 3.05) is 31.6 Å². The molecule has 1 aliphatic rings. The van der Waals surface area contributed by atoms with Gasteiger partial charge in [0.05, 0.1) is 48.7 Å². The van der Waals surface area contributed by atoms with E-state index >= 15 is 0 Å². The van der Waals surface area contributed by atoms with Gasteiger partial charge in [-0.1, -0.05) is 17.7 Å². The summed E-state index contributed by atoms with van der Waals surface area (Å²) < 4.78 is 6.11. The molecular weight excluding hydrogens is 370 g/mol. The van der Waals surface area contributed by atoms with Crippen LogP contribution in [-0.4, -0.2) is 45.6 Å². The van der Waals surface area contributed by atoms with E-state index in [0.29, 0.717) is 24.0 Å². The Morgan fingerprint density at radius 3 is 2.95 bits per heavy atom. The van der Waals surface area contributed by atoms with E-state index in [1.807, 2.05) is 18.2 Å². The quantitative estimate of drug-likeness (QED) is 0.445. The second kappa shape index (κ2) is 7.56. The van der Waals surface area contributed by atoms with Gasteiger partial charge in [0.25, 0.3) is 0 Å². The van der Waals surface area contributed by atoms with Gasteiger partial charge in [-0.25, -0.2) is 4.99 Å². The molecule has 0 N–H and O–H groups in total. The fourth-order valence-corrected chi connectivity index (χ4v) is 2.86. The van der Waals surface area contributed by atoms with Crippen LogP contribution in [0.3, 0.4) is 0 Å². The zero-order valence-corrected chi connectivity index (χ0v) is 14.4. The molecule has 0 spiro atoms. The monoisotopic (exact) mass is 383 g/mol. The summed E-state index contributed by atoms with van der Waals surface area (Å²) in [6.07, 6.45) is 0.721. The maximum Gasteiger partial charge on any atom is 0.215 e. The summed E-state index contributed by atoms with van der Waals surface area (Å²) in [6.45, 7) is 4.74. The van der Waals surface area contributed by atoms with Crippen LogP contribution in [0.25, 0.3) is 0 Å². The molecule has 0 saturated carbocycles. The Morgan fingerprint density at radius 2 is 2.32 bits per heavy atom. The van der Waals surface area contributed by atoms with Gasteiger partial charge in [-0.3, -0.25) is 4.99 Å². The van der Waals surface area contributed by atoms with Crippen molar-refractivity contribution in [3.63, 3.8) is 0 Å². The summed E-state index contributed by atoms with van der Waals surface area (Å²) in [7, 11) is 1.52. The van der Waals surface area contributed by atoms with Crippen molar-refractivity contribution in [1.82, 2.24) is 0 Å². The second-order valence-electron chi connectivity index (χ2n) is 4.53. The summed E-state index contributed by atoms with van der Waals surface area (Å²) in [4.78, 5) is 20.7. The molecule has 1 aromatic carbocycles. The fourth-order valence-electron chi connectivity index (χ4n) is 2.26. The third kappa shape index (κ3) is 3.39. The molecule has 0 saturated heterocycles. The molecule has 1 aliphatic heterocycles. The lowest BCUT2D eigenvalue weighted by atomic mass is 10.2. The summed E-state index contributed by atoms with van der Waals surface area (Å²) >= 11 is 9.77. The molecule has 0 atom stereocenters. The molecule has 0 fully saturated rings. The molecule has 0 amide bonds. The molecule has 22 heavy (non-hydrogen) atoms. The number of rotatable bonds is 5. The Hall–Kier alpha value is -1.66. The zero-order chi connectivity index (χ0) is 16.1. The van der Waals surface area contributed by atoms with E-state index in [1.54, 1.807) is 0 Å². The molecule has 0 radical (unpaired) electrons. The van der Waals surface area contributed by atoms with Gasteiger partial charge in [-0.15, -0.1) is 0 Å². The number of aliphatic imine (C=N–C) groups is 2. The summed E-state index contributed by atoms with van der Waals surface area (Å²) in [5.74, 6) is 0.406. The number of carbonyl (C=O) groups excluding carboxylic acids is 1. The van der Waals surface area contributed by atoms with Gasteiger partial charge in [0, 0.05) is 4.47 Å². The highest BCUT2D eigenvalue weighted by Gasteiger charge is 2.27. The number of aldehydes is 1. The van der Waals surface area contributed by atoms with Crippen LogP contribution in [0, 0.1) is 0 Å². The number of halogens is 2. The highest BCUT2D eigenvalue weighted by molar-refractivity contribution is 9.10. The fraction of sp³-hybridized carbons (Fsp3) is 0.267. The maximum absolute atomic E-state index is 10.5. The van der Waals surface area contributed by atoms with E-state index in [4.69, 9.17) is 16.3 Å². The van der Waals surface area contributed by atoms with Crippen LogP contribution < -0.4 is 4.90 Å². The lowest BCUT2D eigenvalue weighted by molar-refractivity contribution is -0.106. The molecule has 0 bridgehead atoms. The largest absolute Gasteiger partial charge is 0.481 e. The molecule has 5 nitrogen and oxygen atoms in total. The Bertz CT molecular complexity index is 658. The SMILES string of the molecule is C=NC1=C(/C(=N\CC=O)OC)CN(c2cccc(Br)c2Cl)C1. The van der Waals surface area contributed by atoms with Gasteiger partial charge in [0.2, 0.25) is 5.90 Å². The minimum absolute atomic E-state index is 0.0503. The topological polar surface area (TPSA) is 54.3 Å². The van der Waals surface area contributed by atoms with Crippen LogP contribution in [0.4, 0.5) is 5.69 Å². The second-order valence-corrected chi connectivity index (χ2v) is 5.76. The van der Waals surface area contributed by atoms with Gasteiger partial charge in [-0.05, 0) is 34.8 Å². The average molecular weight is 385 g/mol. The highest BCUT2D eigenvalue weighted by atomic mass is 79.9. The van der Waals surface area contributed by atoms with Gasteiger partial charge < -0.3 is 14.4 Å². The molecule has 1 aromatic rings. The van der Waals surface area contributed by atoms with Gasteiger partial charge >= 0.3 is 0 Å². The van der Waals surface area contributed by atoms with Gasteiger partial charge in [0.1, 0.15) is 6.29 Å². The van der Waals surface area contributed by atoms with E-state index in [-0.39, 0.29) is 6.54 Å². The Labute approximate surface area is 142 Å². The summed E-state index contributed by atoms with van der Waals surface area (Å²) in [6, 6.07) is 5.74. The maximum atomic E-state index is 10.5. The van der Waals surface area contributed by atoms with Crippen molar-refractivity contribution in [2.45, 2.75) is 0 Å². The number of hydrogen-bond acceptors (Lipinski definition) is 5. The Balaban J connectivity index is 2.32. The summed E-state index contributed by atoms with van der Waals surface area (Å²) in [5.41, 5.74) is 2.47. The van der Waals surface area contributed by atoms with Crippen LogP contribution in [0.2, 0.25) is 5.02 Å². The lowest BCUT2D eigenvalue weighted by Crippen LogP contribution is -2.22. The minimum Gasteiger partial charge on any atom is -0.481 e. The normalized spacial score (nSPS) is 15.2. The molecule has 2 rings (SSSR count). The predicted molar refractivity (Wildman–Crippen MR) is 93.3 cm³/mol. The number of anilines is 1. The Kier molecular flexibility index (Phi) is 5.74. The molecule has 0 aromatic heterocycles. The first-order chi connectivity index (χ1) is 10.6. The number of methoxy groups -OCH3 is 1. The van der Waals surface area contributed by atoms with Crippen LogP contribution >= 0.6 is 27.5 Å². The molecule has 7 heteroatoms. The first-order valence-corrected chi connectivity index (χ1v) is 7.69. The van der Waals surface area contributed by atoms with E-state index in [2.05, 4.69) is 37.5 Å². The van der Waals surface area contributed by atoms with Crippen LogP contribution in [-0.2, 0) is 9.53 Å². The minimum atomic E-state index is 0.0503. The third-order valence-electron chi connectivity index (χ3n) is 3.26. The molecule has 116 valence electrons. The lowest BCUT2D eigenvalue weighted by Gasteiger charge is -2.20. The molecule has 0 unspecified atom stereocenters. The standard InChI is InChI=1S/C15H15BrClN3O2/c1-18-12-9-20(13-5-3-4-11(16)14(13)17)8-10(12)15(22-2)19-6-7-21/h3-5,7H,1,6,8-9H2,2H3/b19-15+. The van der Waals surface area contributed by atoms with Crippen molar-refractivity contribution in [3.05, 3.63) is 39.0 Å². The number of benzene rings is 1. The van der Waals surface area contributed by atoms with Crippen LogP contribution in [0.15, 0.2) is 43.9 Å².